The van der Waals surface area contributed by atoms with Crippen molar-refractivity contribution in [3.05, 3.63) is 50.4 Å². The van der Waals surface area contributed by atoms with Gasteiger partial charge in [-0.2, -0.15) is 0 Å². The Bertz CT molecular complexity index is 1350. The van der Waals surface area contributed by atoms with Crippen molar-refractivity contribution in [3.63, 3.8) is 0 Å². The van der Waals surface area contributed by atoms with Crippen molar-refractivity contribution in [1.82, 2.24) is 14.9 Å². The third-order valence-corrected chi connectivity index (χ3v) is 9.10. The zero-order valence-electron chi connectivity index (χ0n) is 20.2. The number of rotatable bonds is 4. The van der Waals surface area contributed by atoms with Crippen LogP contribution in [0.15, 0.2) is 23.0 Å². The van der Waals surface area contributed by atoms with E-state index < -0.39 is 0 Å². The molecule has 8 heteroatoms. The molecule has 35 heavy (non-hydrogen) atoms. The monoisotopic (exact) mass is 493 g/mol. The molecule has 0 bridgehead atoms. The lowest BCUT2D eigenvalue weighted by Gasteiger charge is -2.31. The molecule has 3 aliphatic rings. The van der Waals surface area contributed by atoms with Gasteiger partial charge in [-0.05, 0) is 55.9 Å². The van der Waals surface area contributed by atoms with Crippen LogP contribution in [0.3, 0.4) is 0 Å². The van der Waals surface area contributed by atoms with Gasteiger partial charge in [0.05, 0.1) is 10.3 Å². The maximum Gasteiger partial charge on any atom is 0.262 e. The molecular formula is C27H31N3O4S. The molecule has 0 saturated heterocycles. The highest BCUT2D eigenvalue weighted by Gasteiger charge is 2.37. The van der Waals surface area contributed by atoms with Crippen LogP contribution in [-0.4, -0.2) is 35.2 Å². The normalized spacial score (nSPS) is 18.8. The van der Waals surface area contributed by atoms with Gasteiger partial charge in [-0.15, -0.1) is 11.3 Å². The highest BCUT2D eigenvalue weighted by atomic mass is 32.1. The van der Waals surface area contributed by atoms with E-state index in [2.05, 4.69) is 17.4 Å². The van der Waals surface area contributed by atoms with Crippen molar-refractivity contribution in [1.29, 1.82) is 0 Å². The lowest BCUT2D eigenvalue weighted by molar-refractivity contribution is 0.0946. The number of amides is 1. The third-order valence-electron chi connectivity index (χ3n) is 7.92. The fourth-order valence-electron chi connectivity index (χ4n) is 5.95. The summed E-state index contributed by atoms with van der Waals surface area (Å²) in [6, 6.07) is 6.20. The molecule has 0 atom stereocenters. The number of nitrogens with zero attached hydrogens (tertiary/aromatic N) is 2. The Balaban J connectivity index is 1.28. The Labute approximate surface area is 208 Å². The molecule has 1 amide bonds. The zero-order valence-corrected chi connectivity index (χ0v) is 21.0. The van der Waals surface area contributed by atoms with Gasteiger partial charge in [0.25, 0.3) is 11.5 Å². The van der Waals surface area contributed by atoms with Crippen LogP contribution in [0, 0.1) is 6.92 Å². The van der Waals surface area contributed by atoms with Crippen LogP contribution in [0.25, 0.3) is 10.2 Å². The number of benzene rings is 1. The number of nitrogens with one attached hydrogen (secondary N) is 1. The smallest absolute Gasteiger partial charge is 0.262 e. The first kappa shape index (κ1) is 22.6. The average Bonchev–Trinajstić information content (AvgIpc) is 3.40. The van der Waals surface area contributed by atoms with Crippen molar-refractivity contribution in [2.24, 2.45) is 0 Å². The number of aromatic nitrogens is 2. The van der Waals surface area contributed by atoms with E-state index >= 15 is 0 Å². The first-order valence-electron chi connectivity index (χ1n) is 12.8. The van der Waals surface area contributed by atoms with E-state index in [0.29, 0.717) is 41.4 Å². The molecule has 6 rings (SSSR count). The Kier molecular flexibility index (Phi) is 5.79. The molecule has 1 saturated carbocycles. The van der Waals surface area contributed by atoms with Crippen LogP contribution in [-0.2, 0) is 18.4 Å². The van der Waals surface area contributed by atoms with Gasteiger partial charge in [-0.25, -0.2) is 4.98 Å². The fraction of sp³-hybridized carbons (Fsp3) is 0.519. The minimum Gasteiger partial charge on any atom is -0.486 e. The van der Waals surface area contributed by atoms with E-state index in [1.165, 1.54) is 16.9 Å². The Morgan fingerprint density at radius 2 is 1.91 bits per heavy atom. The zero-order chi connectivity index (χ0) is 24.0. The van der Waals surface area contributed by atoms with E-state index in [9.17, 15) is 9.59 Å². The molecule has 2 aliphatic heterocycles. The second kappa shape index (κ2) is 8.97. The molecule has 0 unspecified atom stereocenters. The lowest BCUT2D eigenvalue weighted by Crippen LogP contribution is -2.39. The largest absolute Gasteiger partial charge is 0.486 e. The summed E-state index contributed by atoms with van der Waals surface area (Å²) in [6.45, 7) is 4.28. The molecule has 3 aromatic rings. The topological polar surface area (TPSA) is 82.4 Å². The van der Waals surface area contributed by atoms with Crippen LogP contribution in [0.5, 0.6) is 11.5 Å². The summed E-state index contributed by atoms with van der Waals surface area (Å²) in [5, 5.41) is 3.83. The number of carbonyl (C=O) groups is 1. The average molecular weight is 494 g/mol. The molecule has 2 aromatic heterocycles. The van der Waals surface area contributed by atoms with E-state index in [-0.39, 0.29) is 16.9 Å². The number of carbonyl (C=O) groups excluding carboxylic acids is 1. The molecule has 1 N–H and O–H groups in total. The maximum atomic E-state index is 13.4. The van der Waals surface area contributed by atoms with E-state index in [1.807, 2.05) is 17.6 Å². The summed E-state index contributed by atoms with van der Waals surface area (Å²) >= 11 is 1.35. The van der Waals surface area contributed by atoms with Crippen molar-refractivity contribution in [3.8, 4) is 11.5 Å². The summed E-state index contributed by atoms with van der Waals surface area (Å²) < 4.78 is 13.3. The second-order valence-corrected chi connectivity index (χ2v) is 11.1. The van der Waals surface area contributed by atoms with Crippen LogP contribution in [0.4, 0.5) is 0 Å². The van der Waals surface area contributed by atoms with Gasteiger partial charge >= 0.3 is 0 Å². The summed E-state index contributed by atoms with van der Waals surface area (Å²) in [5.74, 6) is 2.32. The quantitative estimate of drug-likeness (QED) is 0.579. The number of hydrogen-bond acceptors (Lipinski definition) is 6. The van der Waals surface area contributed by atoms with Crippen LogP contribution >= 0.6 is 11.3 Å². The Morgan fingerprint density at radius 1 is 1.11 bits per heavy atom. The number of thiophene rings is 1. The van der Waals surface area contributed by atoms with Crippen LogP contribution < -0.4 is 20.3 Å². The Morgan fingerprint density at radius 3 is 2.74 bits per heavy atom. The lowest BCUT2D eigenvalue weighted by atomic mass is 9.78. The summed E-state index contributed by atoms with van der Waals surface area (Å²) in [7, 11) is 0. The van der Waals surface area contributed by atoms with E-state index in [4.69, 9.17) is 14.5 Å². The van der Waals surface area contributed by atoms with Gasteiger partial charge in [0.15, 0.2) is 11.5 Å². The summed E-state index contributed by atoms with van der Waals surface area (Å²) in [4.78, 5) is 32.8. The molecule has 4 heterocycles. The SMILES string of the molecule is Cc1c(C(=O)NCC2(c3ccc4c(c3)OCCO4)CCCC2)sc2nc3n(c(=O)c12)CCCCC3. The van der Waals surface area contributed by atoms with Gasteiger partial charge in [0.2, 0.25) is 0 Å². The molecule has 7 nitrogen and oxygen atoms in total. The van der Waals surface area contributed by atoms with E-state index in [0.717, 1.165) is 74.3 Å². The van der Waals surface area contributed by atoms with Crippen molar-refractivity contribution >= 4 is 27.5 Å². The number of aryl methyl sites for hydroxylation is 2. The predicted octanol–water partition coefficient (Wildman–Crippen LogP) is 4.51. The summed E-state index contributed by atoms with van der Waals surface area (Å²) in [6.07, 6.45) is 8.31. The summed E-state index contributed by atoms with van der Waals surface area (Å²) in [5.41, 5.74) is 1.82. The van der Waals surface area contributed by atoms with Gasteiger partial charge in [0, 0.05) is 24.9 Å². The second-order valence-electron chi connectivity index (χ2n) is 10.1. The van der Waals surface area contributed by atoms with Gasteiger partial charge in [-0.3, -0.25) is 14.2 Å². The maximum absolute atomic E-state index is 13.4. The molecule has 1 fully saturated rings. The molecular weight excluding hydrogens is 462 g/mol. The number of hydrogen-bond donors (Lipinski definition) is 1. The van der Waals surface area contributed by atoms with Crippen molar-refractivity contribution in [2.45, 2.75) is 70.3 Å². The predicted molar refractivity (Wildman–Crippen MR) is 136 cm³/mol. The van der Waals surface area contributed by atoms with Crippen LogP contribution in [0.2, 0.25) is 0 Å². The minimum atomic E-state index is -0.120. The highest BCUT2D eigenvalue weighted by molar-refractivity contribution is 7.20. The molecule has 1 aromatic carbocycles. The van der Waals surface area contributed by atoms with Gasteiger partial charge in [0.1, 0.15) is 23.9 Å². The number of fused-ring (bicyclic) bond motifs is 3. The van der Waals surface area contributed by atoms with Crippen LogP contribution in [0.1, 0.15) is 71.6 Å². The first-order valence-corrected chi connectivity index (χ1v) is 13.6. The molecule has 1 aliphatic carbocycles. The number of ether oxygens (including phenoxy) is 2. The minimum absolute atomic E-state index is 0.00300. The van der Waals surface area contributed by atoms with Gasteiger partial charge < -0.3 is 14.8 Å². The molecule has 0 radical (unpaired) electrons. The molecule has 184 valence electrons. The van der Waals surface area contributed by atoms with Gasteiger partial charge in [-0.1, -0.05) is 25.3 Å². The van der Waals surface area contributed by atoms with Crippen molar-refractivity contribution < 1.29 is 14.3 Å². The first-order chi connectivity index (χ1) is 17.1. The standard InChI is InChI=1S/C27H31N3O4S/c1-17-22-25(29-21-7-3-2-6-12-30(21)26(22)32)35-23(17)24(31)28-16-27(10-4-5-11-27)18-8-9-19-20(15-18)34-14-13-33-19/h8-9,15H,2-7,10-14,16H2,1H3,(H,28,31). The molecule has 0 spiro atoms. The van der Waals surface area contributed by atoms with E-state index in [1.54, 1.807) is 0 Å². The third kappa shape index (κ3) is 3.92. The Hall–Kier alpha value is -2.87. The van der Waals surface area contributed by atoms with Crippen molar-refractivity contribution in [2.75, 3.05) is 19.8 Å². The fourth-order valence-corrected chi connectivity index (χ4v) is 7.06. The highest BCUT2D eigenvalue weighted by Crippen LogP contribution is 2.44.